The molecular formula is C19H17N2O2. The van der Waals surface area contributed by atoms with Crippen molar-refractivity contribution >= 4 is 0 Å². The van der Waals surface area contributed by atoms with Crippen LogP contribution in [0, 0.1) is 20.8 Å². The van der Waals surface area contributed by atoms with Crippen LogP contribution in [0.5, 0.6) is 0 Å². The van der Waals surface area contributed by atoms with Gasteiger partial charge in [-0.1, -0.05) is 18.2 Å². The van der Waals surface area contributed by atoms with E-state index in [-0.39, 0.29) is 11.1 Å². The molecule has 2 aromatic heterocycles. The molecule has 3 aromatic rings. The second-order valence-corrected chi connectivity index (χ2v) is 5.66. The van der Waals surface area contributed by atoms with Crippen molar-refractivity contribution in [2.75, 3.05) is 0 Å². The molecule has 0 fully saturated rings. The maximum Gasteiger partial charge on any atom is 0.248 e. The van der Waals surface area contributed by atoms with Crippen LogP contribution in [0.15, 0.2) is 52.1 Å². The van der Waals surface area contributed by atoms with Gasteiger partial charge in [-0.2, -0.15) is 0 Å². The fraction of sp³-hybridized carbons (Fsp3) is 0.105. The highest BCUT2D eigenvalue weighted by atomic mass is 16.1. The third-order valence-corrected chi connectivity index (χ3v) is 3.76. The van der Waals surface area contributed by atoms with E-state index in [9.17, 15) is 9.59 Å². The van der Waals surface area contributed by atoms with Gasteiger partial charge in [0.05, 0.1) is 0 Å². The van der Waals surface area contributed by atoms with Crippen LogP contribution in [0.25, 0.3) is 22.3 Å². The highest BCUT2D eigenvalue weighted by molar-refractivity contribution is 5.79. The molecule has 0 bridgehead atoms. The van der Waals surface area contributed by atoms with Crippen molar-refractivity contribution in [3.63, 3.8) is 0 Å². The lowest BCUT2D eigenvalue weighted by Gasteiger charge is -2.12. The number of aromatic nitrogens is 2. The van der Waals surface area contributed by atoms with E-state index in [2.05, 4.69) is 16.9 Å². The predicted molar refractivity (Wildman–Crippen MR) is 92.5 cm³/mol. The first-order chi connectivity index (χ1) is 10.9. The van der Waals surface area contributed by atoms with E-state index in [1.54, 1.807) is 12.1 Å². The summed E-state index contributed by atoms with van der Waals surface area (Å²) in [6, 6.07) is 12.7. The Balaban J connectivity index is 2.22. The summed E-state index contributed by atoms with van der Waals surface area (Å²) in [6.07, 6.45) is 0. The summed E-state index contributed by atoms with van der Waals surface area (Å²) in [5.74, 6) is 0. The van der Waals surface area contributed by atoms with E-state index in [1.807, 2.05) is 44.2 Å². The Hall–Kier alpha value is -2.88. The van der Waals surface area contributed by atoms with Crippen molar-refractivity contribution < 1.29 is 0 Å². The van der Waals surface area contributed by atoms with Gasteiger partial charge in [0.25, 0.3) is 0 Å². The zero-order valence-electron chi connectivity index (χ0n) is 13.1. The van der Waals surface area contributed by atoms with Crippen LogP contribution in [0.4, 0.5) is 0 Å². The Kier molecular flexibility index (Phi) is 3.74. The molecule has 0 aliphatic carbocycles. The van der Waals surface area contributed by atoms with Gasteiger partial charge in [0, 0.05) is 23.5 Å². The number of pyridine rings is 2. The predicted octanol–water partition coefficient (Wildman–Crippen LogP) is 3.20. The Morgan fingerprint density at radius 1 is 0.783 bits per heavy atom. The molecule has 3 rings (SSSR count). The molecule has 0 spiro atoms. The Bertz CT molecular complexity index is 919. The number of aromatic amines is 2. The molecule has 0 aliphatic rings. The van der Waals surface area contributed by atoms with Crippen LogP contribution in [0.1, 0.15) is 17.0 Å². The van der Waals surface area contributed by atoms with E-state index in [4.69, 9.17) is 0 Å². The number of benzene rings is 1. The zero-order chi connectivity index (χ0) is 16.6. The van der Waals surface area contributed by atoms with E-state index in [1.165, 1.54) is 0 Å². The van der Waals surface area contributed by atoms with Crippen LogP contribution in [-0.2, 0) is 0 Å². The van der Waals surface area contributed by atoms with Gasteiger partial charge in [0.2, 0.25) is 11.1 Å². The minimum absolute atomic E-state index is 0.142. The van der Waals surface area contributed by atoms with E-state index in [0.717, 1.165) is 39.2 Å². The number of aryl methyl sites for hydroxylation is 2. The summed E-state index contributed by atoms with van der Waals surface area (Å²) in [5, 5.41) is 0. The van der Waals surface area contributed by atoms with Crippen LogP contribution in [-0.4, -0.2) is 9.97 Å². The van der Waals surface area contributed by atoms with Crippen molar-refractivity contribution in [2.24, 2.45) is 0 Å². The first-order valence-corrected chi connectivity index (χ1v) is 7.32. The van der Waals surface area contributed by atoms with Gasteiger partial charge in [0.1, 0.15) is 0 Å². The van der Waals surface area contributed by atoms with Crippen molar-refractivity contribution in [2.45, 2.75) is 13.8 Å². The molecule has 1 radical (unpaired) electrons. The molecule has 23 heavy (non-hydrogen) atoms. The second-order valence-electron chi connectivity index (χ2n) is 5.66. The second kappa shape index (κ2) is 5.72. The first-order valence-electron chi connectivity index (χ1n) is 7.32. The molecule has 0 amide bonds. The average Bonchev–Trinajstić information content (AvgIpc) is 2.45. The van der Waals surface area contributed by atoms with Crippen LogP contribution < -0.4 is 11.1 Å². The van der Waals surface area contributed by atoms with Gasteiger partial charge in [0.15, 0.2) is 0 Å². The van der Waals surface area contributed by atoms with Crippen molar-refractivity contribution in [3.05, 3.63) is 87.0 Å². The van der Waals surface area contributed by atoms with Crippen LogP contribution in [0.3, 0.4) is 0 Å². The van der Waals surface area contributed by atoms with Crippen LogP contribution in [0.2, 0.25) is 0 Å². The molecule has 115 valence electrons. The number of H-pyrrole nitrogens is 2. The Morgan fingerprint density at radius 2 is 1.22 bits per heavy atom. The topological polar surface area (TPSA) is 65.7 Å². The fourth-order valence-corrected chi connectivity index (χ4v) is 2.80. The Labute approximate surface area is 133 Å². The van der Waals surface area contributed by atoms with Crippen LogP contribution >= 0.6 is 0 Å². The fourth-order valence-electron chi connectivity index (χ4n) is 2.80. The van der Waals surface area contributed by atoms with Gasteiger partial charge in [-0.05, 0) is 60.7 Å². The summed E-state index contributed by atoms with van der Waals surface area (Å²) in [6.45, 7) is 7.86. The maximum absolute atomic E-state index is 11.7. The lowest BCUT2D eigenvalue weighted by atomic mass is 9.93. The molecular weight excluding hydrogens is 288 g/mol. The Morgan fingerprint density at radius 3 is 1.61 bits per heavy atom. The third kappa shape index (κ3) is 3.01. The molecule has 0 unspecified atom stereocenters. The largest absolute Gasteiger partial charge is 0.326 e. The monoisotopic (exact) mass is 305 g/mol. The molecule has 4 heteroatoms. The van der Waals surface area contributed by atoms with Crippen molar-refractivity contribution in [1.82, 2.24) is 9.97 Å². The minimum Gasteiger partial charge on any atom is -0.326 e. The quantitative estimate of drug-likeness (QED) is 0.763. The van der Waals surface area contributed by atoms with E-state index >= 15 is 0 Å². The molecule has 0 saturated carbocycles. The average molecular weight is 305 g/mol. The highest BCUT2D eigenvalue weighted by Gasteiger charge is 2.10. The van der Waals surface area contributed by atoms with Gasteiger partial charge in [-0.3, -0.25) is 9.59 Å². The molecule has 4 nitrogen and oxygen atoms in total. The summed E-state index contributed by atoms with van der Waals surface area (Å²) < 4.78 is 0. The number of hydrogen-bond acceptors (Lipinski definition) is 2. The zero-order valence-corrected chi connectivity index (χ0v) is 13.1. The SMILES string of the molecule is [CH2]c1c(-c2cc(C)[nH]c(=O)c2)cccc1-c1cc(C)[nH]c(=O)c1. The van der Waals surface area contributed by atoms with Gasteiger partial charge in [-0.25, -0.2) is 0 Å². The van der Waals surface area contributed by atoms with Crippen molar-refractivity contribution in [1.29, 1.82) is 0 Å². The van der Waals surface area contributed by atoms with Gasteiger partial charge >= 0.3 is 0 Å². The number of rotatable bonds is 2. The standard InChI is InChI=1S/C19H17N2O2/c1-11-7-14(9-18(22)20-11)16-5-4-6-17(13(16)3)15-8-12(2)21-19(23)10-15/h4-10H,3H2,1-2H3,(H,20,22)(H,21,23). The molecule has 2 N–H and O–H groups in total. The summed E-state index contributed by atoms with van der Waals surface area (Å²) >= 11 is 0. The summed E-state index contributed by atoms with van der Waals surface area (Å²) in [7, 11) is 0. The smallest absolute Gasteiger partial charge is 0.248 e. The minimum atomic E-state index is -0.142. The molecule has 1 aromatic carbocycles. The lowest BCUT2D eigenvalue weighted by molar-refractivity contribution is 1.14. The lowest BCUT2D eigenvalue weighted by Crippen LogP contribution is -2.07. The molecule has 2 heterocycles. The molecule has 0 aliphatic heterocycles. The van der Waals surface area contributed by atoms with E-state index < -0.39 is 0 Å². The molecule has 0 saturated heterocycles. The van der Waals surface area contributed by atoms with Gasteiger partial charge in [-0.15, -0.1) is 0 Å². The number of hydrogen-bond donors (Lipinski definition) is 2. The first kappa shape index (κ1) is 15.0. The number of nitrogens with one attached hydrogen (secondary N) is 2. The summed E-state index contributed by atoms with van der Waals surface area (Å²) in [5.41, 5.74) is 5.51. The third-order valence-electron chi connectivity index (χ3n) is 3.76. The van der Waals surface area contributed by atoms with Crippen molar-refractivity contribution in [3.8, 4) is 22.3 Å². The normalized spacial score (nSPS) is 10.7. The maximum atomic E-state index is 11.7. The summed E-state index contributed by atoms with van der Waals surface area (Å²) in [4.78, 5) is 28.9. The highest BCUT2D eigenvalue weighted by Crippen LogP contribution is 2.31. The van der Waals surface area contributed by atoms with Gasteiger partial charge < -0.3 is 9.97 Å². The molecule has 0 atom stereocenters. The van der Waals surface area contributed by atoms with E-state index in [0.29, 0.717) is 0 Å².